The SMILES string of the molecule is OC[C@H]1O[C@H](Oc2ccc(-c3ccc(-c4nnn[nH]4)cc3)cc2Cl)[C@@H](O)[C@@H](O)[C@@H]1O. The highest BCUT2D eigenvalue weighted by Crippen LogP contribution is 2.33. The predicted octanol–water partition coefficient (Wildman–Crippen LogP) is 0.366. The average molecular weight is 435 g/mol. The zero-order chi connectivity index (χ0) is 21.3. The van der Waals surface area contributed by atoms with Gasteiger partial charge in [0.25, 0.3) is 0 Å². The van der Waals surface area contributed by atoms with E-state index in [4.69, 9.17) is 21.1 Å². The number of aliphatic hydroxyl groups excluding tert-OH is 4. The van der Waals surface area contributed by atoms with E-state index in [0.29, 0.717) is 5.82 Å². The number of rotatable bonds is 5. The first-order valence-corrected chi connectivity index (χ1v) is 9.47. The number of benzene rings is 2. The fourth-order valence-electron chi connectivity index (χ4n) is 3.17. The molecule has 0 unspecified atom stereocenters. The zero-order valence-electron chi connectivity index (χ0n) is 15.5. The molecule has 0 saturated carbocycles. The summed E-state index contributed by atoms with van der Waals surface area (Å²) < 4.78 is 10.9. The van der Waals surface area contributed by atoms with Gasteiger partial charge in [0.05, 0.1) is 11.6 Å². The Morgan fingerprint density at radius 3 is 2.30 bits per heavy atom. The van der Waals surface area contributed by atoms with E-state index in [1.807, 2.05) is 24.3 Å². The van der Waals surface area contributed by atoms with Crippen molar-refractivity contribution >= 4 is 11.6 Å². The van der Waals surface area contributed by atoms with Crippen molar-refractivity contribution in [1.82, 2.24) is 20.6 Å². The average Bonchev–Trinajstić information content (AvgIpc) is 3.30. The molecule has 1 aromatic heterocycles. The third-order valence-electron chi connectivity index (χ3n) is 4.86. The summed E-state index contributed by atoms with van der Waals surface area (Å²) in [6.07, 6.45) is -6.88. The Labute approximate surface area is 175 Å². The van der Waals surface area contributed by atoms with Crippen LogP contribution < -0.4 is 4.74 Å². The van der Waals surface area contributed by atoms with Gasteiger partial charge < -0.3 is 29.9 Å². The number of ether oxygens (including phenoxy) is 2. The Kier molecular flexibility index (Phi) is 5.95. The second-order valence-electron chi connectivity index (χ2n) is 6.79. The fraction of sp³-hybridized carbons (Fsp3) is 0.316. The molecule has 1 aliphatic heterocycles. The highest BCUT2D eigenvalue weighted by molar-refractivity contribution is 6.32. The number of aliphatic hydroxyl groups is 4. The van der Waals surface area contributed by atoms with E-state index in [1.165, 1.54) is 0 Å². The van der Waals surface area contributed by atoms with Crippen LogP contribution in [-0.4, -0.2) is 78.4 Å². The fourth-order valence-corrected chi connectivity index (χ4v) is 3.39. The molecule has 1 fully saturated rings. The van der Waals surface area contributed by atoms with E-state index in [1.54, 1.807) is 18.2 Å². The smallest absolute Gasteiger partial charge is 0.229 e. The van der Waals surface area contributed by atoms with Gasteiger partial charge in [-0.3, -0.25) is 0 Å². The summed E-state index contributed by atoms with van der Waals surface area (Å²) in [5.74, 6) is 0.775. The minimum absolute atomic E-state index is 0.217. The molecule has 0 aliphatic carbocycles. The van der Waals surface area contributed by atoms with E-state index >= 15 is 0 Å². The van der Waals surface area contributed by atoms with Crippen LogP contribution in [0, 0.1) is 0 Å². The molecule has 0 spiro atoms. The zero-order valence-corrected chi connectivity index (χ0v) is 16.2. The van der Waals surface area contributed by atoms with Crippen molar-refractivity contribution in [2.75, 3.05) is 6.61 Å². The summed E-state index contributed by atoms with van der Waals surface area (Å²) in [7, 11) is 0. The number of halogens is 1. The quantitative estimate of drug-likeness (QED) is 0.383. The van der Waals surface area contributed by atoms with Crippen LogP contribution in [0.5, 0.6) is 5.75 Å². The number of tetrazole rings is 1. The molecule has 11 heteroatoms. The molecule has 5 N–H and O–H groups in total. The summed E-state index contributed by atoms with van der Waals surface area (Å²) >= 11 is 6.34. The summed E-state index contributed by atoms with van der Waals surface area (Å²) in [6.45, 7) is -0.544. The van der Waals surface area contributed by atoms with E-state index in [9.17, 15) is 20.4 Å². The lowest BCUT2D eigenvalue weighted by Crippen LogP contribution is -2.60. The molecule has 3 aromatic rings. The van der Waals surface area contributed by atoms with Gasteiger partial charge in [-0.1, -0.05) is 41.9 Å². The minimum atomic E-state index is -1.53. The summed E-state index contributed by atoms with van der Waals surface area (Å²) in [5, 5.41) is 53.0. The van der Waals surface area contributed by atoms with E-state index < -0.39 is 37.3 Å². The third kappa shape index (κ3) is 4.01. The molecule has 4 rings (SSSR count). The standard InChI is InChI=1S/C19H19ClN4O6/c20-12-7-11(9-1-3-10(4-2-9)18-21-23-24-22-18)5-6-13(12)29-19-17(28)16(27)15(26)14(8-25)30-19/h1-7,14-17,19,25-28H,8H2,(H,21,22,23,24)/t14-,15-,16+,17+,19+/m1/s1. The lowest BCUT2D eigenvalue weighted by molar-refractivity contribution is -0.277. The van der Waals surface area contributed by atoms with Gasteiger partial charge in [-0.25, -0.2) is 5.10 Å². The van der Waals surface area contributed by atoms with Crippen LogP contribution in [0.2, 0.25) is 5.02 Å². The molecular formula is C19H19ClN4O6. The number of aromatic amines is 1. The number of nitrogens with zero attached hydrogens (tertiary/aromatic N) is 3. The van der Waals surface area contributed by atoms with Crippen molar-refractivity contribution in [3.63, 3.8) is 0 Å². The van der Waals surface area contributed by atoms with Crippen LogP contribution in [-0.2, 0) is 4.74 Å². The Hall–Kier alpha value is -2.60. The van der Waals surface area contributed by atoms with Crippen molar-refractivity contribution in [2.45, 2.75) is 30.7 Å². The van der Waals surface area contributed by atoms with E-state index in [2.05, 4.69) is 20.6 Å². The Morgan fingerprint density at radius 2 is 1.67 bits per heavy atom. The summed E-state index contributed by atoms with van der Waals surface area (Å²) in [6, 6.07) is 12.6. The maximum atomic E-state index is 10.1. The molecule has 158 valence electrons. The highest BCUT2D eigenvalue weighted by atomic mass is 35.5. The molecular weight excluding hydrogens is 416 g/mol. The van der Waals surface area contributed by atoms with Crippen LogP contribution in [0.25, 0.3) is 22.5 Å². The molecule has 1 saturated heterocycles. The minimum Gasteiger partial charge on any atom is -0.460 e. The number of nitrogens with one attached hydrogen (secondary N) is 1. The second-order valence-corrected chi connectivity index (χ2v) is 7.19. The van der Waals surface area contributed by atoms with Gasteiger partial charge >= 0.3 is 0 Å². The number of aromatic nitrogens is 4. The molecule has 30 heavy (non-hydrogen) atoms. The van der Waals surface area contributed by atoms with Gasteiger partial charge in [0, 0.05) is 5.56 Å². The topological polar surface area (TPSA) is 154 Å². The van der Waals surface area contributed by atoms with E-state index in [0.717, 1.165) is 16.7 Å². The van der Waals surface area contributed by atoms with Crippen molar-refractivity contribution in [3.05, 3.63) is 47.5 Å². The van der Waals surface area contributed by atoms with Crippen molar-refractivity contribution < 1.29 is 29.9 Å². The van der Waals surface area contributed by atoms with Crippen molar-refractivity contribution in [2.24, 2.45) is 0 Å². The molecule has 10 nitrogen and oxygen atoms in total. The maximum Gasteiger partial charge on any atom is 0.229 e. The van der Waals surface area contributed by atoms with Gasteiger partial charge in [-0.05, 0) is 33.7 Å². The van der Waals surface area contributed by atoms with Crippen LogP contribution in [0.15, 0.2) is 42.5 Å². The summed E-state index contributed by atoms with van der Waals surface area (Å²) in [4.78, 5) is 0. The predicted molar refractivity (Wildman–Crippen MR) is 104 cm³/mol. The van der Waals surface area contributed by atoms with Crippen LogP contribution >= 0.6 is 11.6 Å². The molecule has 0 amide bonds. The first-order valence-electron chi connectivity index (χ1n) is 9.09. The van der Waals surface area contributed by atoms with Crippen LogP contribution in [0.3, 0.4) is 0 Å². The van der Waals surface area contributed by atoms with Gasteiger partial charge in [0.1, 0.15) is 30.2 Å². The number of H-pyrrole nitrogens is 1. The van der Waals surface area contributed by atoms with Crippen molar-refractivity contribution in [1.29, 1.82) is 0 Å². The lowest BCUT2D eigenvalue weighted by Gasteiger charge is -2.39. The van der Waals surface area contributed by atoms with Crippen LogP contribution in [0.4, 0.5) is 0 Å². The summed E-state index contributed by atoms with van der Waals surface area (Å²) in [5.41, 5.74) is 2.55. The highest BCUT2D eigenvalue weighted by Gasteiger charge is 2.44. The Morgan fingerprint density at radius 1 is 0.967 bits per heavy atom. The molecule has 0 bridgehead atoms. The largest absolute Gasteiger partial charge is 0.460 e. The molecule has 2 heterocycles. The van der Waals surface area contributed by atoms with E-state index in [-0.39, 0.29) is 10.8 Å². The number of hydrogen-bond acceptors (Lipinski definition) is 9. The normalized spacial score (nSPS) is 26.5. The monoisotopic (exact) mass is 434 g/mol. The van der Waals surface area contributed by atoms with Gasteiger partial charge in [0.15, 0.2) is 5.82 Å². The molecule has 2 aromatic carbocycles. The Bertz CT molecular complexity index is 985. The van der Waals surface area contributed by atoms with Crippen molar-refractivity contribution in [3.8, 4) is 28.3 Å². The molecule has 5 atom stereocenters. The first kappa shape index (κ1) is 20.7. The lowest BCUT2D eigenvalue weighted by atomic mass is 9.99. The third-order valence-corrected chi connectivity index (χ3v) is 5.16. The maximum absolute atomic E-state index is 10.1. The van der Waals surface area contributed by atoms with Gasteiger partial charge in [-0.15, -0.1) is 5.10 Å². The molecule has 1 aliphatic rings. The Balaban J connectivity index is 1.51. The van der Waals surface area contributed by atoms with Gasteiger partial charge in [0.2, 0.25) is 6.29 Å². The number of hydrogen-bond donors (Lipinski definition) is 5. The van der Waals surface area contributed by atoms with Gasteiger partial charge in [-0.2, -0.15) is 0 Å². The molecule has 0 radical (unpaired) electrons. The second kappa shape index (κ2) is 8.64. The van der Waals surface area contributed by atoms with Crippen LogP contribution in [0.1, 0.15) is 0 Å². The first-order chi connectivity index (χ1) is 14.5.